The molecule has 2 unspecified atom stereocenters. The minimum atomic E-state index is -0.818. The van der Waals surface area contributed by atoms with Gasteiger partial charge in [0.25, 0.3) is 0 Å². The molecule has 1 N–H and O–H groups in total. The standard InChI is InChI=1S/C23H27N3O4/c1-4-30-23(29)22-21-16(2)8-11-20(21)26(24-22)18-7-5-6-17(14-18)9-10-19(28)12-13-25(3)15-27/h5-7,14-16,19,28H,4,8,11-13H2,1-3H3. The van der Waals surface area contributed by atoms with Crippen LogP contribution in [0.1, 0.15) is 59.9 Å². The summed E-state index contributed by atoms with van der Waals surface area (Å²) >= 11 is 0. The SMILES string of the molecule is CCOC(=O)c1nn(-c2cccc(C#CC(O)CCN(C)C=O)c2)c2c1C(C)CC2. The first-order chi connectivity index (χ1) is 14.4. The van der Waals surface area contributed by atoms with Crippen molar-refractivity contribution >= 4 is 12.4 Å². The Balaban J connectivity index is 1.86. The second kappa shape index (κ2) is 9.59. The maximum atomic E-state index is 12.4. The van der Waals surface area contributed by atoms with Crippen molar-refractivity contribution < 1.29 is 19.4 Å². The molecule has 1 aliphatic rings. The summed E-state index contributed by atoms with van der Waals surface area (Å²) in [6, 6.07) is 7.55. The van der Waals surface area contributed by atoms with E-state index in [1.165, 1.54) is 4.90 Å². The molecule has 0 saturated heterocycles. The Bertz CT molecular complexity index is 986. The van der Waals surface area contributed by atoms with Gasteiger partial charge in [0.05, 0.1) is 12.3 Å². The number of carbonyl (C=O) groups excluding carboxylic acids is 2. The second-order valence-corrected chi connectivity index (χ2v) is 7.49. The Hall–Kier alpha value is -3.11. The van der Waals surface area contributed by atoms with Crippen LogP contribution >= 0.6 is 0 Å². The summed E-state index contributed by atoms with van der Waals surface area (Å²) in [6.45, 7) is 4.64. The van der Waals surface area contributed by atoms with Gasteiger partial charge in [0.1, 0.15) is 6.10 Å². The largest absolute Gasteiger partial charge is 0.461 e. The molecule has 0 saturated carbocycles. The van der Waals surface area contributed by atoms with Crippen LogP contribution in [0.2, 0.25) is 0 Å². The van der Waals surface area contributed by atoms with Gasteiger partial charge in [0.2, 0.25) is 6.41 Å². The molecule has 0 aliphatic heterocycles. The molecule has 2 atom stereocenters. The first kappa shape index (κ1) is 21.6. The number of carbonyl (C=O) groups is 2. The van der Waals surface area contributed by atoms with Crippen LogP contribution in [-0.4, -0.2) is 58.5 Å². The Labute approximate surface area is 176 Å². The van der Waals surface area contributed by atoms with Crippen molar-refractivity contribution in [2.45, 2.75) is 45.1 Å². The monoisotopic (exact) mass is 409 g/mol. The Kier molecular flexibility index (Phi) is 6.91. The molecule has 1 aliphatic carbocycles. The van der Waals surface area contributed by atoms with Gasteiger partial charge < -0.3 is 14.7 Å². The lowest BCUT2D eigenvalue weighted by Crippen LogP contribution is -2.21. The van der Waals surface area contributed by atoms with Gasteiger partial charge in [-0.25, -0.2) is 9.48 Å². The van der Waals surface area contributed by atoms with E-state index in [1.54, 1.807) is 14.0 Å². The van der Waals surface area contributed by atoms with Crippen LogP contribution in [0.3, 0.4) is 0 Å². The number of fused-ring (bicyclic) bond motifs is 1. The molecule has 0 fully saturated rings. The summed E-state index contributed by atoms with van der Waals surface area (Å²) in [5.41, 5.74) is 3.96. The summed E-state index contributed by atoms with van der Waals surface area (Å²) in [4.78, 5) is 24.5. The van der Waals surface area contributed by atoms with Crippen molar-refractivity contribution in [3.05, 3.63) is 46.8 Å². The van der Waals surface area contributed by atoms with Crippen LogP contribution in [0.5, 0.6) is 0 Å². The number of benzene rings is 1. The Morgan fingerprint density at radius 2 is 2.30 bits per heavy atom. The first-order valence-electron chi connectivity index (χ1n) is 10.2. The molecule has 0 spiro atoms. The highest BCUT2D eigenvalue weighted by molar-refractivity contribution is 5.90. The van der Waals surface area contributed by atoms with Crippen LogP contribution in [-0.2, 0) is 16.0 Å². The number of esters is 1. The van der Waals surface area contributed by atoms with E-state index >= 15 is 0 Å². The van der Waals surface area contributed by atoms with Gasteiger partial charge in [0, 0.05) is 36.8 Å². The summed E-state index contributed by atoms with van der Waals surface area (Å²) in [5.74, 6) is 5.67. The molecule has 1 heterocycles. The first-order valence-corrected chi connectivity index (χ1v) is 10.2. The summed E-state index contributed by atoms with van der Waals surface area (Å²) < 4.78 is 7.01. The van der Waals surface area contributed by atoms with Gasteiger partial charge in [-0.15, -0.1) is 0 Å². The van der Waals surface area contributed by atoms with E-state index in [0.29, 0.717) is 25.3 Å². The van der Waals surface area contributed by atoms with Crippen LogP contribution in [0, 0.1) is 11.8 Å². The van der Waals surface area contributed by atoms with E-state index in [1.807, 2.05) is 28.9 Å². The number of ether oxygens (including phenoxy) is 1. The van der Waals surface area contributed by atoms with Crippen molar-refractivity contribution in [2.75, 3.05) is 20.2 Å². The van der Waals surface area contributed by atoms with Crippen molar-refractivity contribution in [3.63, 3.8) is 0 Å². The predicted octanol–water partition coefficient (Wildman–Crippen LogP) is 2.29. The Morgan fingerprint density at radius 3 is 3.03 bits per heavy atom. The highest BCUT2D eigenvalue weighted by Gasteiger charge is 2.32. The van der Waals surface area contributed by atoms with Gasteiger partial charge in [-0.1, -0.05) is 24.8 Å². The van der Waals surface area contributed by atoms with Crippen LogP contribution in [0.25, 0.3) is 5.69 Å². The lowest BCUT2D eigenvalue weighted by atomic mass is 10.0. The molecule has 3 rings (SSSR count). The van der Waals surface area contributed by atoms with Crippen LogP contribution in [0.15, 0.2) is 24.3 Å². The maximum absolute atomic E-state index is 12.4. The number of hydrogen-bond donors (Lipinski definition) is 1. The van der Waals surface area contributed by atoms with E-state index in [2.05, 4.69) is 23.9 Å². The molecular weight excluding hydrogens is 382 g/mol. The van der Waals surface area contributed by atoms with Gasteiger partial charge >= 0.3 is 5.97 Å². The molecule has 1 aromatic carbocycles. The highest BCUT2D eigenvalue weighted by atomic mass is 16.5. The fourth-order valence-corrected chi connectivity index (χ4v) is 3.62. The summed E-state index contributed by atoms with van der Waals surface area (Å²) in [5, 5.41) is 14.6. The fraction of sp³-hybridized carbons (Fsp3) is 0.435. The highest BCUT2D eigenvalue weighted by Crippen LogP contribution is 2.36. The van der Waals surface area contributed by atoms with E-state index in [9.17, 15) is 14.7 Å². The van der Waals surface area contributed by atoms with E-state index in [-0.39, 0.29) is 11.9 Å². The van der Waals surface area contributed by atoms with Gasteiger partial charge in [-0.3, -0.25) is 4.79 Å². The molecule has 1 aromatic heterocycles. The van der Waals surface area contributed by atoms with Crippen molar-refractivity contribution in [1.82, 2.24) is 14.7 Å². The lowest BCUT2D eigenvalue weighted by Gasteiger charge is -2.10. The quantitative estimate of drug-likeness (QED) is 0.431. The molecule has 0 radical (unpaired) electrons. The fourth-order valence-electron chi connectivity index (χ4n) is 3.62. The predicted molar refractivity (Wildman–Crippen MR) is 112 cm³/mol. The van der Waals surface area contributed by atoms with Gasteiger partial charge in [-0.05, 0) is 43.9 Å². The average Bonchev–Trinajstić information content (AvgIpc) is 3.31. The second-order valence-electron chi connectivity index (χ2n) is 7.49. The third-order valence-electron chi connectivity index (χ3n) is 5.21. The third-order valence-corrected chi connectivity index (χ3v) is 5.21. The number of nitrogens with zero attached hydrogens (tertiary/aromatic N) is 3. The normalized spacial score (nSPS) is 15.7. The summed E-state index contributed by atoms with van der Waals surface area (Å²) in [6.07, 6.45) is 2.11. The van der Waals surface area contributed by atoms with Crippen molar-refractivity contribution in [3.8, 4) is 17.5 Å². The molecular formula is C23H27N3O4. The zero-order valence-electron chi connectivity index (χ0n) is 17.6. The zero-order chi connectivity index (χ0) is 21.7. The smallest absolute Gasteiger partial charge is 0.359 e. The van der Waals surface area contributed by atoms with Gasteiger partial charge in [0.15, 0.2) is 5.69 Å². The van der Waals surface area contributed by atoms with Crippen molar-refractivity contribution in [1.29, 1.82) is 0 Å². The molecule has 2 aromatic rings. The number of amides is 1. The van der Waals surface area contributed by atoms with Crippen molar-refractivity contribution in [2.24, 2.45) is 0 Å². The minimum Gasteiger partial charge on any atom is -0.461 e. The number of rotatable bonds is 7. The van der Waals surface area contributed by atoms with E-state index in [0.717, 1.165) is 41.8 Å². The molecule has 7 heteroatoms. The third kappa shape index (κ3) is 4.71. The lowest BCUT2D eigenvalue weighted by molar-refractivity contribution is -0.117. The van der Waals surface area contributed by atoms with E-state index < -0.39 is 6.10 Å². The number of aromatic nitrogens is 2. The van der Waals surface area contributed by atoms with Crippen LogP contribution < -0.4 is 0 Å². The molecule has 158 valence electrons. The number of aliphatic hydroxyl groups is 1. The molecule has 7 nitrogen and oxygen atoms in total. The zero-order valence-corrected chi connectivity index (χ0v) is 17.6. The van der Waals surface area contributed by atoms with Crippen LogP contribution in [0.4, 0.5) is 0 Å². The number of aliphatic hydroxyl groups excluding tert-OH is 1. The summed E-state index contributed by atoms with van der Waals surface area (Å²) in [7, 11) is 1.66. The van der Waals surface area contributed by atoms with Gasteiger partial charge in [-0.2, -0.15) is 5.10 Å². The molecule has 1 amide bonds. The topological polar surface area (TPSA) is 84.7 Å². The van der Waals surface area contributed by atoms with E-state index in [4.69, 9.17) is 4.74 Å². The maximum Gasteiger partial charge on any atom is 0.359 e. The minimum absolute atomic E-state index is 0.260. The number of hydrogen-bond acceptors (Lipinski definition) is 5. The molecule has 0 bridgehead atoms. The Morgan fingerprint density at radius 1 is 1.50 bits per heavy atom. The average molecular weight is 409 g/mol. The molecule has 30 heavy (non-hydrogen) atoms.